The molecule has 0 spiro atoms. The van der Waals surface area contributed by atoms with Crippen molar-refractivity contribution >= 4 is 5.69 Å². The van der Waals surface area contributed by atoms with E-state index < -0.39 is 5.82 Å². The van der Waals surface area contributed by atoms with E-state index in [1.807, 2.05) is 0 Å². The molecular weight excluding hydrogens is 169 g/mol. The number of hydrogen-bond acceptors (Lipinski definition) is 3. The minimum Gasteiger partial charge on any atom is -0.398 e. The topological polar surface area (TPSA) is 75.8 Å². The molecule has 0 amide bonds. The van der Waals surface area contributed by atoms with Gasteiger partial charge in [-0.15, -0.1) is 0 Å². The summed E-state index contributed by atoms with van der Waals surface area (Å²) in [5.41, 5.74) is 11.9. The van der Waals surface area contributed by atoms with Gasteiger partial charge in [-0.1, -0.05) is 0 Å². The van der Waals surface area contributed by atoms with E-state index in [1.165, 1.54) is 6.07 Å². The first-order valence-corrected chi connectivity index (χ1v) is 3.81. The molecular formula is C9H10FN3. The highest BCUT2D eigenvalue weighted by Crippen LogP contribution is 2.21. The number of halogens is 1. The molecule has 0 saturated carbocycles. The van der Waals surface area contributed by atoms with Crippen LogP contribution in [0, 0.1) is 17.1 Å². The molecule has 0 aliphatic carbocycles. The van der Waals surface area contributed by atoms with Crippen molar-refractivity contribution in [3.8, 4) is 6.07 Å². The second-order valence-electron chi connectivity index (χ2n) is 2.86. The van der Waals surface area contributed by atoms with Crippen LogP contribution in [-0.2, 0) is 0 Å². The molecule has 1 aromatic carbocycles. The zero-order valence-electron chi connectivity index (χ0n) is 7.21. The molecule has 0 fully saturated rings. The quantitative estimate of drug-likeness (QED) is 0.638. The molecule has 0 aromatic heterocycles. The summed E-state index contributed by atoms with van der Waals surface area (Å²) >= 11 is 0. The smallest absolute Gasteiger partial charge is 0.143 e. The monoisotopic (exact) mass is 179 g/mol. The first-order valence-electron chi connectivity index (χ1n) is 3.81. The van der Waals surface area contributed by atoms with E-state index in [0.29, 0.717) is 5.56 Å². The zero-order chi connectivity index (χ0) is 10.0. The van der Waals surface area contributed by atoms with Crippen molar-refractivity contribution in [2.45, 2.75) is 13.0 Å². The number of rotatable bonds is 1. The maximum absolute atomic E-state index is 13.0. The minimum atomic E-state index is -0.607. The van der Waals surface area contributed by atoms with E-state index >= 15 is 0 Å². The summed E-state index contributed by atoms with van der Waals surface area (Å²) in [5, 5.41) is 8.54. The van der Waals surface area contributed by atoms with Gasteiger partial charge in [0.25, 0.3) is 0 Å². The fourth-order valence-electron chi connectivity index (χ4n) is 1.09. The van der Waals surface area contributed by atoms with Crippen LogP contribution in [0.3, 0.4) is 0 Å². The van der Waals surface area contributed by atoms with Crippen molar-refractivity contribution in [2.24, 2.45) is 5.73 Å². The number of nitriles is 1. The molecule has 0 aliphatic rings. The highest BCUT2D eigenvalue weighted by molar-refractivity contribution is 5.53. The summed E-state index contributed by atoms with van der Waals surface area (Å²) < 4.78 is 13.0. The molecule has 0 aliphatic heterocycles. The predicted molar refractivity (Wildman–Crippen MR) is 48.1 cm³/mol. The Balaban J connectivity index is 3.33. The van der Waals surface area contributed by atoms with Gasteiger partial charge in [-0.05, 0) is 24.6 Å². The number of nitrogen functional groups attached to an aromatic ring is 1. The fourth-order valence-corrected chi connectivity index (χ4v) is 1.09. The lowest BCUT2D eigenvalue weighted by molar-refractivity contribution is 0.623. The van der Waals surface area contributed by atoms with Crippen molar-refractivity contribution in [1.29, 1.82) is 5.26 Å². The Labute approximate surface area is 75.8 Å². The number of hydrogen-bond donors (Lipinski definition) is 2. The summed E-state index contributed by atoms with van der Waals surface area (Å²) in [4.78, 5) is 0. The second-order valence-corrected chi connectivity index (χ2v) is 2.86. The first-order chi connectivity index (χ1) is 6.06. The van der Waals surface area contributed by atoms with Gasteiger partial charge in [0.05, 0.1) is 5.56 Å². The highest BCUT2D eigenvalue weighted by atomic mass is 19.1. The molecule has 0 unspecified atom stereocenters. The zero-order valence-corrected chi connectivity index (χ0v) is 7.21. The number of nitrogens with zero attached hydrogens (tertiary/aromatic N) is 1. The largest absolute Gasteiger partial charge is 0.398 e. The Kier molecular flexibility index (Phi) is 2.49. The van der Waals surface area contributed by atoms with E-state index in [0.717, 1.165) is 6.07 Å². The molecule has 1 rings (SSSR count). The normalized spacial score (nSPS) is 12.2. The van der Waals surface area contributed by atoms with Crippen LogP contribution in [0.15, 0.2) is 12.1 Å². The van der Waals surface area contributed by atoms with Crippen molar-refractivity contribution in [3.05, 3.63) is 29.1 Å². The summed E-state index contributed by atoms with van der Waals surface area (Å²) in [6, 6.07) is 3.94. The van der Waals surface area contributed by atoms with Gasteiger partial charge in [-0.25, -0.2) is 4.39 Å². The number of nitrogens with two attached hydrogens (primary N) is 2. The lowest BCUT2D eigenvalue weighted by atomic mass is 10.0. The van der Waals surface area contributed by atoms with Crippen molar-refractivity contribution < 1.29 is 4.39 Å². The summed E-state index contributed by atoms with van der Waals surface area (Å²) in [5.74, 6) is -0.607. The molecule has 0 radical (unpaired) electrons. The first kappa shape index (κ1) is 9.49. The van der Waals surface area contributed by atoms with Crippen LogP contribution >= 0.6 is 0 Å². The third kappa shape index (κ3) is 1.76. The SMILES string of the molecule is C[C@@H](N)c1cc(C#N)c(F)cc1N. The lowest BCUT2D eigenvalue weighted by Crippen LogP contribution is -2.09. The van der Waals surface area contributed by atoms with Gasteiger partial charge in [0.2, 0.25) is 0 Å². The molecule has 1 atom stereocenters. The highest BCUT2D eigenvalue weighted by Gasteiger charge is 2.09. The van der Waals surface area contributed by atoms with E-state index in [1.54, 1.807) is 13.0 Å². The maximum Gasteiger partial charge on any atom is 0.143 e. The third-order valence-electron chi connectivity index (χ3n) is 1.78. The molecule has 13 heavy (non-hydrogen) atoms. The van der Waals surface area contributed by atoms with Gasteiger partial charge in [0.1, 0.15) is 11.9 Å². The Morgan fingerprint density at radius 1 is 1.54 bits per heavy atom. The fraction of sp³-hybridized carbons (Fsp3) is 0.222. The summed E-state index contributed by atoms with van der Waals surface area (Å²) in [7, 11) is 0. The molecule has 0 bridgehead atoms. The van der Waals surface area contributed by atoms with Crippen LogP contribution in [0.4, 0.5) is 10.1 Å². The van der Waals surface area contributed by atoms with Crippen molar-refractivity contribution in [3.63, 3.8) is 0 Å². The van der Waals surface area contributed by atoms with Crippen LogP contribution in [0.2, 0.25) is 0 Å². The van der Waals surface area contributed by atoms with Crippen LogP contribution < -0.4 is 11.5 Å². The van der Waals surface area contributed by atoms with E-state index in [2.05, 4.69) is 0 Å². The van der Waals surface area contributed by atoms with E-state index in [4.69, 9.17) is 16.7 Å². The Morgan fingerprint density at radius 2 is 2.15 bits per heavy atom. The van der Waals surface area contributed by atoms with Gasteiger partial charge in [-0.2, -0.15) is 5.26 Å². The van der Waals surface area contributed by atoms with Gasteiger partial charge < -0.3 is 11.5 Å². The van der Waals surface area contributed by atoms with Gasteiger partial charge in [0, 0.05) is 11.7 Å². The summed E-state index contributed by atoms with van der Waals surface area (Å²) in [6.07, 6.45) is 0. The minimum absolute atomic E-state index is 0.0264. The van der Waals surface area contributed by atoms with Crippen LogP contribution in [0.25, 0.3) is 0 Å². The molecule has 1 aromatic rings. The molecule has 3 nitrogen and oxygen atoms in total. The van der Waals surface area contributed by atoms with Gasteiger partial charge in [-0.3, -0.25) is 0 Å². The Hall–Kier alpha value is -1.60. The third-order valence-corrected chi connectivity index (χ3v) is 1.78. The van der Waals surface area contributed by atoms with Crippen LogP contribution in [-0.4, -0.2) is 0 Å². The van der Waals surface area contributed by atoms with Crippen LogP contribution in [0.1, 0.15) is 24.1 Å². The van der Waals surface area contributed by atoms with Crippen molar-refractivity contribution in [2.75, 3.05) is 5.73 Å². The van der Waals surface area contributed by atoms with E-state index in [-0.39, 0.29) is 17.3 Å². The van der Waals surface area contributed by atoms with Crippen molar-refractivity contribution in [1.82, 2.24) is 0 Å². The Bertz CT molecular complexity index is 366. The molecule has 0 heterocycles. The number of benzene rings is 1. The molecule has 4 N–H and O–H groups in total. The predicted octanol–water partition coefficient (Wildman–Crippen LogP) is 1.30. The lowest BCUT2D eigenvalue weighted by Gasteiger charge is -2.09. The average Bonchev–Trinajstić information content (AvgIpc) is 2.03. The molecule has 0 saturated heterocycles. The van der Waals surface area contributed by atoms with Gasteiger partial charge in [0.15, 0.2) is 0 Å². The van der Waals surface area contributed by atoms with E-state index in [9.17, 15) is 4.39 Å². The second kappa shape index (κ2) is 3.42. The Morgan fingerprint density at radius 3 is 2.62 bits per heavy atom. The summed E-state index contributed by atoms with van der Waals surface area (Å²) in [6.45, 7) is 1.73. The standard InChI is InChI=1S/C9H10FN3/c1-5(12)7-2-6(4-11)8(10)3-9(7)13/h2-3,5H,12-13H2,1H3/t5-/m1/s1. The molecule has 68 valence electrons. The number of anilines is 1. The average molecular weight is 179 g/mol. The molecule has 4 heteroatoms. The van der Waals surface area contributed by atoms with Gasteiger partial charge >= 0.3 is 0 Å². The van der Waals surface area contributed by atoms with Crippen LogP contribution in [0.5, 0.6) is 0 Å². The maximum atomic E-state index is 13.0.